The van der Waals surface area contributed by atoms with Crippen LogP contribution in [0.15, 0.2) is 0 Å². The summed E-state index contributed by atoms with van der Waals surface area (Å²) in [6.07, 6.45) is 11.9. The Morgan fingerprint density at radius 2 is 1.48 bits per heavy atom. The lowest BCUT2D eigenvalue weighted by atomic mass is 9.82. The number of nitriles is 2. The zero-order valence-electron chi connectivity index (χ0n) is 17.6. The highest BCUT2D eigenvalue weighted by Crippen LogP contribution is 2.28. The molecule has 2 saturated carbocycles. The van der Waals surface area contributed by atoms with Crippen molar-refractivity contribution in [3.8, 4) is 12.1 Å². The lowest BCUT2D eigenvalue weighted by Gasteiger charge is -2.37. The Morgan fingerprint density at radius 3 is 2.07 bits per heavy atom. The van der Waals surface area contributed by atoms with Gasteiger partial charge in [-0.3, -0.25) is 0 Å². The number of likely N-dealkylation sites (tertiary alicyclic amines) is 1. The van der Waals surface area contributed by atoms with Gasteiger partial charge in [0.25, 0.3) is 0 Å². The molecule has 3 rings (SSSR count). The topological polar surface area (TPSA) is 126 Å². The summed E-state index contributed by atoms with van der Waals surface area (Å²) in [6, 6.07) is 5.66. The largest absolute Gasteiger partial charge is 0.465 e. The number of nitrogens with two attached hydrogens (primary N) is 1. The summed E-state index contributed by atoms with van der Waals surface area (Å²) in [5.74, 6) is 0.968. The third-order valence-electron chi connectivity index (χ3n) is 6.80. The maximum atomic E-state index is 10.9. The van der Waals surface area contributed by atoms with E-state index in [0.717, 1.165) is 38.5 Å². The summed E-state index contributed by atoms with van der Waals surface area (Å²) in [5, 5.41) is 29.9. The number of rotatable bonds is 4. The van der Waals surface area contributed by atoms with E-state index in [0.29, 0.717) is 55.9 Å². The molecule has 0 spiro atoms. The van der Waals surface area contributed by atoms with Crippen molar-refractivity contribution in [3.63, 3.8) is 0 Å². The molecule has 162 valence electrons. The Kier molecular flexibility index (Phi) is 10.2. The lowest BCUT2D eigenvalue weighted by Crippen LogP contribution is -2.50. The second-order valence-electron chi connectivity index (χ2n) is 8.79. The summed E-state index contributed by atoms with van der Waals surface area (Å²) in [5.41, 5.74) is 5.81. The molecule has 0 aromatic heterocycles. The highest BCUT2D eigenvalue weighted by atomic mass is 16.4. The van der Waals surface area contributed by atoms with E-state index in [4.69, 9.17) is 21.4 Å². The van der Waals surface area contributed by atoms with Crippen LogP contribution in [0.1, 0.15) is 77.0 Å². The predicted molar refractivity (Wildman–Crippen MR) is 112 cm³/mol. The van der Waals surface area contributed by atoms with Gasteiger partial charge in [0.2, 0.25) is 0 Å². The molecule has 7 heteroatoms. The number of nitrogens with zero attached hydrogens (tertiary/aromatic N) is 3. The minimum Gasteiger partial charge on any atom is -0.465 e. The lowest BCUT2D eigenvalue weighted by molar-refractivity contribution is 0.123. The first-order chi connectivity index (χ1) is 14.0. The molecule has 0 aromatic rings. The van der Waals surface area contributed by atoms with E-state index < -0.39 is 6.09 Å². The molecule has 4 atom stereocenters. The van der Waals surface area contributed by atoms with E-state index in [1.807, 2.05) is 0 Å². The van der Waals surface area contributed by atoms with Gasteiger partial charge in [-0.1, -0.05) is 25.7 Å². The van der Waals surface area contributed by atoms with Gasteiger partial charge in [0.1, 0.15) is 0 Å². The molecule has 29 heavy (non-hydrogen) atoms. The number of carbonyl (C=O) groups is 1. The molecule has 0 radical (unpaired) electrons. The monoisotopic (exact) mass is 403 g/mol. The molecule has 3 fully saturated rings. The van der Waals surface area contributed by atoms with Gasteiger partial charge < -0.3 is 21.1 Å². The minimum absolute atomic E-state index is 0.299. The van der Waals surface area contributed by atoms with Gasteiger partial charge in [-0.15, -0.1) is 0 Å². The van der Waals surface area contributed by atoms with Crippen molar-refractivity contribution in [1.82, 2.24) is 10.2 Å². The smallest absolute Gasteiger partial charge is 0.407 e. The van der Waals surface area contributed by atoms with E-state index in [-0.39, 0.29) is 0 Å². The predicted octanol–water partition coefficient (Wildman–Crippen LogP) is 3.61. The summed E-state index contributed by atoms with van der Waals surface area (Å²) in [6.45, 7) is 1.26. The first-order valence-electron chi connectivity index (χ1n) is 11.3. The van der Waals surface area contributed by atoms with Crippen molar-refractivity contribution in [2.45, 2.75) is 95.2 Å². The van der Waals surface area contributed by atoms with Crippen LogP contribution < -0.4 is 11.1 Å². The molecular weight excluding hydrogens is 366 g/mol. The average Bonchev–Trinajstić information content (AvgIpc) is 2.72. The average molecular weight is 404 g/mol. The molecule has 3 aliphatic rings. The molecule has 1 saturated heterocycles. The normalized spacial score (nSPS) is 30.4. The molecule has 0 unspecified atom stereocenters. The fraction of sp³-hybridized carbons (Fsp3) is 0.864. The molecule has 2 aliphatic carbocycles. The van der Waals surface area contributed by atoms with Gasteiger partial charge in [-0.2, -0.15) is 10.5 Å². The van der Waals surface area contributed by atoms with Gasteiger partial charge in [0, 0.05) is 44.1 Å². The Labute approximate surface area is 175 Å². The number of piperidine rings is 1. The van der Waals surface area contributed by atoms with Crippen LogP contribution in [-0.2, 0) is 0 Å². The number of amides is 1. The van der Waals surface area contributed by atoms with Gasteiger partial charge >= 0.3 is 6.09 Å². The summed E-state index contributed by atoms with van der Waals surface area (Å²) in [7, 11) is 0. The summed E-state index contributed by atoms with van der Waals surface area (Å²) in [4.78, 5) is 12.3. The SMILES string of the molecule is N#CC[C@H]1CCCC[C@@H]1N.N#CC[C@H]1CCCC[C@@H]1NC1CCN(C(=O)O)CC1. The molecule has 1 heterocycles. The summed E-state index contributed by atoms with van der Waals surface area (Å²) < 4.78 is 0. The van der Waals surface area contributed by atoms with Gasteiger partial charge in [-0.05, 0) is 50.4 Å². The Bertz CT molecular complexity index is 577. The van der Waals surface area contributed by atoms with Crippen LogP contribution in [0.5, 0.6) is 0 Å². The second-order valence-corrected chi connectivity index (χ2v) is 8.79. The van der Waals surface area contributed by atoms with E-state index >= 15 is 0 Å². The van der Waals surface area contributed by atoms with Crippen molar-refractivity contribution in [1.29, 1.82) is 10.5 Å². The molecule has 1 amide bonds. The Balaban J connectivity index is 0.000000253. The standard InChI is InChI=1S/C14H23N3O2.C8H14N2/c15-8-5-11-3-1-2-4-13(11)16-12-6-9-17(10-7-12)14(18)19;9-6-5-7-3-1-2-4-8(7)10/h11-13,16H,1-7,9-10H2,(H,18,19);7-8H,1-5,10H2/t11-,13+;7-,8+/m11/s1. The van der Waals surface area contributed by atoms with Crippen molar-refractivity contribution in [2.24, 2.45) is 17.6 Å². The van der Waals surface area contributed by atoms with Crippen molar-refractivity contribution < 1.29 is 9.90 Å². The first kappa shape index (κ1) is 23.4. The quantitative estimate of drug-likeness (QED) is 0.658. The number of nitrogens with one attached hydrogen (secondary N) is 1. The van der Waals surface area contributed by atoms with Crippen molar-refractivity contribution >= 4 is 6.09 Å². The van der Waals surface area contributed by atoms with Gasteiger partial charge in [0.05, 0.1) is 12.1 Å². The van der Waals surface area contributed by atoms with Crippen LogP contribution in [0.4, 0.5) is 4.79 Å². The van der Waals surface area contributed by atoms with Crippen LogP contribution in [0.2, 0.25) is 0 Å². The molecule has 4 N–H and O–H groups in total. The molecular formula is C22H37N5O2. The maximum absolute atomic E-state index is 10.9. The maximum Gasteiger partial charge on any atom is 0.407 e. The van der Waals surface area contributed by atoms with Crippen LogP contribution in [-0.4, -0.2) is 47.3 Å². The van der Waals surface area contributed by atoms with Crippen LogP contribution in [0, 0.1) is 34.5 Å². The Hall–Kier alpha value is -1.83. The fourth-order valence-electron chi connectivity index (χ4n) is 4.94. The van der Waals surface area contributed by atoms with Crippen molar-refractivity contribution in [2.75, 3.05) is 13.1 Å². The zero-order valence-corrected chi connectivity index (χ0v) is 17.6. The molecule has 7 nitrogen and oxygen atoms in total. The highest BCUT2D eigenvalue weighted by Gasteiger charge is 2.29. The van der Waals surface area contributed by atoms with Crippen LogP contribution >= 0.6 is 0 Å². The van der Waals surface area contributed by atoms with E-state index in [9.17, 15) is 4.79 Å². The van der Waals surface area contributed by atoms with Crippen molar-refractivity contribution in [3.05, 3.63) is 0 Å². The third-order valence-corrected chi connectivity index (χ3v) is 6.80. The highest BCUT2D eigenvalue weighted by molar-refractivity contribution is 5.65. The van der Waals surface area contributed by atoms with Crippen LogP contribution in [0.3, 0.4) is 0 Å². The summed E-state index contributed by atoms with van der Waals surface area (Å²) >= 11 is 0. The third kappa shape index (κ3) is 7.84. The Morgan fingerprint density at radius 1 is 0.931 bits per heavy atom. The second kappa shape index (κ2) is 12.7. The first-order valence-corrected chi connectivity index (χ1v) is 11.3. The van der Waals surface area contributed by atoms with E-state index in [1.54, 1.807) is 0 Å². The minimum atomic E-state index is -0.807. The zero-order chi connectivity index (χ0) is 21.1. The van der Waals surface area contributed by atoms with Crippen LogP contribution in [0.25, 0.3) is 0 Å². The fourth-order valence-corrected chi connectivity index (χ4v) is 4.94. The molecule has 0 bridgehead atoms. The number of hydrogen-bond donors (Lipinski definition) is 3. The molecule has 0 aromatic carbocycles. The molecule has 1 aliphatic heterocycles. The van der Waals surface area contributed by atoms with Gasteiger partial charge in [0.15, 0.2) is 0 Å². The number of carboxylic acid groups (broad SMARTS) is 1. The number of hydrogen-bond acceptors (Lipinski definition) is 5. The van der Waals surface area contributed by atoms with Gasteiger partial charge in [-0.25, -0.2) is 4.79 Å². The van der Waals surface area contributed by atoms with E-state index in [2.05, 4.69) is 17.5 Å². The van der Waals surface area contributed by atoms with E-state index in [1.165, 1.54) is 30.6 Å².